The summed E-state index contributed by atoms with van der Waals surface area (Å²) in [6.07, 6.45) is 2.10. The fourth-order valence-electron chi connectivity index (χ4n) is 5.48. The Morgan fingerprint density at radius 3 is 1.21 bits per heavy atom. The zero-order valence-electron chi connectivity index (χ0n) is 26.2. The maximum atomic E-state index is 12.0. The lowest BCUT2D eigenvalue weighted by Gasteiger charge is -2.25. The van der Waals surface area contributed by atoms with Crippen LogP contribution < -0.4 is 4.90 Å². The standard InChI is InChI=1S/C42H33NO4/c1-46-41(44)35-21-17-33(18-22-35)40(34-19-23-36(24-20-34)42(45)47-2)29-30-13-15-31(16-14-30)32-25-27-39(28-26-32)43(37-9-5-3-6-10-37)38-11-7-4-8-12-38/h3-29H,1-2H3. The molecule has 6 aromatic carbocycles. The van der Waals surface area contributed by atoms with Gasteiger partial charge in [-0.3, -0.25) is 0 Å². The van der Waals surface area contributed by atoms with Crippen LogP contribution in [-0.4, -0.2) is 26.2 Å². The predicted molar refractivity (Wildman–Crippen MR) is 189 cm³/mol. The van der Waals surface area contributed by atoms with E-state index >= 15 is 0 Å². The lowest BCUT2D eigenvalue weighted by atomic mass is 9.93. The van der Waals surface area contributed by atoms with Crippen molar-refractivity contribution >= 4 is 40.6 Å². The van der Waals surface area contributed by atoms with Crippen molar-refractivity contribution in [3.8, 4) is 11.1 Å². The normalized spacial score (nSPS) is 10.5. The highest BCUT2D eigenvalue weighted by molar-refractivity contribution is 5.95. The van der Waals surface area contributed by atoms with E-state index in [9.17, 15) is 9.59 Å². The molecule has 230 valence electrons. The van der Waals surface area contributed by atoms with Crippen molar-refractivity contribution in [1.29, 1.82) is 0 Å². The zero-order chi connectivity index (χ0) is 32.6. The molecule has 0 fully saturated rings. The van der Waals surface area contributed by atoms with Gasteiger partial charge in [-0.05, 0) is 100 Å². The largest absolute Gasteiger partial charge is 0.465 e. The molecule has 6 aromatic rings. The van der Waals surface area contributed by atoms with E-state index in [4.69, 9.17) is 9.47 Å². The number of hydrogen-bond donors (Lipinski definition) is 0. The van der Waals surface area contributed by atoms with Gasteiger partial charge in [0.05, 0.1) is 25.3 Å². The molecule has 0 heterocycles. The Labute approximate surface area is 275 Å². The summed E-state index contributed by atoms with van der Waals surface area (Å²) < 4.78 is 9.74. The highest BCUT2D eigenvalue weighted by Gasteiger charge is 2.13. The Morgan fingerprint density at radius 2 is 0.809 bits per heavy atom. The third-order valence-electron chi connectivity index (χ3n) is 7.94. The molecule has 5 heteroatoms. The van der Waals surface area contributed by atoms with Crippen LogP contribution in [0.1, 0.15) is 37.4 Å². The van der Waals surface area contributed by atoms with Crippen LogP contribution in [0.2, 0.25) is 0 Å². The number of ether oxygens (including phenoxy) is 2. The zero-order valence-corrected chi connectivity index (χ0v) is 26.2. The second-order valence-electron chi connectivity index (χ2n) is 10.9. The van der Waals surface area contributed by atoms with Crippen LogP contribution in [0, 0.1) is 0 Å². The first kappa shape index (κ1) is 30.8. The highest BCUT2D eigenvalue weighted by Crippen LogP contribution is 2.35. The molecule has 0 saturated carbocycles. The van der Waals surface area contributed by atoms with Gasteiger partial charge in [-0.15, -0.1) is 0 Å². The molecule has 0 atom stereocenters. The fraction of sp³-hybridized carbons (Fsp3) is 0.0476. The number of esters is 2. The Bertz CT molecular complexity index is 1880. The summed E-state index contributed by atoms with van der Waals surface area (Å²) in [5.74, 6) is -0.776. The number of anilines is 3. The molecule has 6 rings (SSSR count). The number of rotatable bonds is 9. The predicted octanol–water partition coefficient (Wildman–Crippen LogP) is 9.99. The molecule has 0 aliphatic heterocycles. The minimum absolute atomic E-state index is 0.388. The molecule has 0 N–H and O–H groups in total. The number of benzene rings is 6. The van der Waals surface area contributed by atoms with Gasteiger partial charge in [-0.2, -0.15) is 0 Å². The van der Waals surface area contributed by atoms with Gasteiger partial charge in [0.15, 0.2) is 0 Å². The maximum Gasteiger partial charge on any atom is 0.337 e. The van der Waals surface area contributed by atoms with Crippen molar-refractivity contribution in [2.24, 2.45) is 0 Å². The number of nitrogens with zero attached hydrogens (tertiary/aromatic N) is 1. The van der Waals surface area contributed by atoms with Gasteiger partial charge in [0.25, 0.3) is 0 Å². The van der Waals surface area contributed by atoms with Crippen LogP contribution in [-0.2, 0) is 9.47 Å². The summed E-state index contributed by atoms with van der Waals surface area (Å²) >= 11 is 0. The van der Waals surface area contributed by atoms with Gasteiger partial charge < -0.3 is 14.4 Å². The number of methoxy groups -OCH3 is 2. The van der Waals surface area contributed by atoms with Gasteiger partial charge >= 0.3 is 11.9 Å². The van der Waals surface area contributed by atoms with E-state index in [0.29, 0.717) is 11.1 Å². The van der Waals surface area contributed by atoms with Crippen LogP contribution in [0.4, 0.5) is 17.1 Å². The quantitative estimate of drug-likeness (QED) is 0.120. The Hall–Kier alpha value is -6.20. The molecule has 0 unspecified atom stereocenters. The van der Waals surface area contributed by atoms with Crippen LogP contribution in [0.5, 0.6) is 0 Å². The van der Waals surface area contributed by atoms with E-state index in [-0.39, 0.29) is 11.9 Å². The van der Waals surface area contributed by atoms with Crippen molar-refractivity contribution in [1.82, 2.24) is 0 Å². The number of hydrogen-bond acceptors (Lipinski definition) is 5. The summed E-state index contributed by atoms with van der Waals surface area (Å²) in [5.41, 5.74) is 10.2. The summed E-state index contributed by atoms with van der Waals surface area (Å²) in [5, 5.41) is 0. The van der Waals surface area contributed by atoms with Gasteiger partial charge in [-0.25, -0.2) is 9.59 Å². The molecule has 5 nitrogen and oxygen atoms in total. The molecule has 0 amide bonds. The van der Waals surface area contributed by atoms with Gasteiger partial charge in [-0.1, -0.05) is 97.1 Å². The molecular weight excluding hydrogens is 582 g/mol. The van der Waals surface area contributed by atoms with Crippen LogP contribution >= 0.6 is 0 Å². The number of carbonyl (C=O) groups excluding carboxylic acids is 2. The first-order chi connectivity index (χ1) is 23.0. The maximum absolute atomic E-state index is 12.0. The summed E-state index contributed by atoms with van der Waals surface area (Å²) in [7, 11) is 2.74. The van der Waals surface area contributed by atoms with Crippen LogP contribution in [0.3, 0.4) is 0 Å². The van der Waals surface area contributed by atoms with E-state index in [0.717, 1.165) is 50.5 Å². The van der Waals surface area contributed by atoms with Crippen molar-refractivity contribution in [2.45, 2.75) is 0 Å². The topological polar surface area (TPSA) is 55.8 Å². The lowest BCUT2D eigenvalue weighted by Crippen LogP contribution is -2.09. The molecule has 47 heavy (non-hydrogen) atoms. The first-order valence-corrected chi connectivity index (χ1v) is 15.2. The molecule has 0 aromatic heterocycles. The smallest absolute Gasteiger partial charge is 0.337 e. The Kier molecular flexibility index (Phi) is 9.35. The SMILES string of the molecule is COC(=O)c1ccc(C(=Cc2ccc(-c3ccc(N(c4ccccc4)c4ccccc4)cc3)cc2)c2ccc(C(=O)OC)cc2)cc1. The minimum atomic E-state index is -0.388. The molecule has 0 saturated heterocycles. The van der Waals surface area contributed by atoms with Gasteiger partial charge in [0.1, 0.15) is 0 Å². The summed E-state index contributed by atoms with van der Waals surface area (Å²) in [6.45, 7) is 0. The Balaban J connectivity index is 1.30. The third kappa shape index (κ3) is 7.05. The monoisotopic (exact) mass is 615 g/mol. The molecule has 0 aliphatic carbocycles. The third-order valence-corrected chi connectivity index (χ3v) is 7.94. The van der Waals surface area contributed by atoms with E-state index in [1.54, 1.807) is 24.3 Å². The Morgan fingerprint density at radius 1 is 0.447 bits per heavy atom. The molecule has 0 radical (unpaired) electrons. The average Bonchev–Trinajstić information content (AvgIpc) is 3.15. The van der Waals surface area contributed by atoms with E-state index < -0.39 is 0 Å². The number of para-hydroxylation sites is 2. The second-order valence-corrected chi connectivity index (χ2v) is 10.9. The van der Waals surface area contributed by atoms with E-state index in [2.05, 4.69) is 108 Å². The van der Waals surface area contributed by atoms with Crippen molar-refractivity contribution < 1.29 is 19.1 Å². The lowest BCUT2D eigenvalue weighted by molar-refractivity contribution is 0.0592. The molecule has 0 aliphatic rings. The van der Waals surface area contributed by atoms with Crippen molar-refractivity contribution in [3.05, 3.63) is 186 Å². The van der Waals surface area contributed by atoms with Crippen molar-refractivity contribution in [2.75, 3.05) is 19.1 Å². The van der Waals surface area contributed by atoms with Crippen LogP contribution in [0.25, 0.3) is 22.8 Å². The molecule has 0 spiro atoms. The van der Waals surface area contributed by atoms with Gasteiger partial charge in [0, 0.05) is 17.1 Å². The average molecular weight is 616 g/mol. The van der Waals surface area contributed by atoms with E-state index in [1.807, 2.05) is 36.4 Å². The first-order valence-electron chi connectivity index (χ1n) is 15.2. The fourth-order valence-corrected chi connectivity index (χ4v) is 5.48. The van der Waals surface area contributed by atoms with Gasteiger partial charge in [0.2, 0.25) is 0 Å². The number of carbonyl (C=O) groups is 2. The molecule has 0 bridgehead atoms. The van der Waals surface area contributed by atoms with Crippen molar-refractivity contribution in [3.63, 3.8) is 0 Å². The minimum Gasteiger partial charge on any atom is -0.465 e. The second kappa shape index (κ2) is 14.3. The highest BCUT2D eigenvalue weighted by atomic mass is 16.5. The summed E-state index contributed by atoms with van der Waals surface area (Å²) in [4.78, 5) is 26.3. The molecular formula is C42H33NO4. The van der Waals surface area contributed by atoms with E-state index in [1.165, 1.54) is 14.2 Å². The summed E-state index contributed by atoms with van der Waals surface area (Å²) in [6, 6.07) is 52.3. The van der Waals surface area contributed by atoms with Crippen LogP contribution in [0.15, 0.2) is 158 Å².